The molecule has 1 heterocycles. The number of halogens is 1. The number of benzene rings is 1. The number of nitrogen functional groups attached to an aromatic ring is 1. The van der Waals surface area contributed by atoms with Gasteiger partial charge in [0, 0.05) is 18.4 Å². The lowest BCUT2D eigenvalue weighted by molar-refractivity contribution is 0.00539. The van der Waals surface area contributed by atoms with Crippen LogP contribution in [0.25, 0.3) is 11.4 Å². The van der Waals surface area contributed by atoms with Crippen LogP contribution in [0.2, 0.25) is 0 Å². The van der Waals surface area contributed by atoms with Gasteiger partial charge in [-0.05, 0) is 42.5 Å². The van der Waals surface area contributed by atoms with Crippen molar-refractivity contribution in [2.75, 3.05) is 12.8 Å². The highest BCUT2D eigenvalue weighted by atomic mass is 19.1. The number of hydrogen-bond acceptors (Lipinski definition) is 5. The summed E-state index contributed by atoms with van der Waals surface area (Å²) < 4.78 is 20.3. The Kier molecular flexibility index (Phi) is 3.48. The molecule has 0 aliphatic carbocycles. The number of tetrazole rings is 1. The molecule has 0 spiro atoms. The van der Waals surface area contributed by atoms with E-state index in [1.54, 1.807) is 17.9 Å². The standard InChI is InChI=1S/C12H16FN5O/c1-12(2,19-3)7-18-11(15-16-17-18)8-4-9(13)6-10(14)5-8/h4-6H,7,14H2,1-3H3. The van der Waals surface area contributed by atoms with Crippen molar-refractivity contribution in [1.29, 1.82) is 0 Å². The summed E-state index contributed by atoms with van der Waals surface area (Å²) in [5.74, 6) is 0.0341. The van der Waals surface area contributed by atoms with Crippen molar-refractivity contribution in [3.05, 3.63) is 24.0 Å². The van der Waals surface area contributed by atoms with Gasteiger partial charge in [0.05, 0.1) is 12.1 Å². The van der Waals surface area contributed by atoms with Crippen molar-refractivity contribution in [2.45, 2.75) is 26.0 Å². The molecule has 1 aromatic carbocycles. The third-order valence-electron chi connectivity index (χ3n) is 2.79. The SMILES string of the molecule is COC(C)(C)Cn1nnnc1-c1cc(N)cc(F)c1. The van der Waals surface area contributed by atoms with E-state index in [-0.39, 0.29) is 0 Å². The van der Waals surface area contributed by atoms with Crippen molar-refractivity contribution in [1.82, 2.24) is 20.2 Å². The monoisotopic (exact) mass is 265 g/mol. The molecule has 0 unspecified atom stereocenters. The van der Waals surface area contributed by atoms with Gasteiger partial charge in [-0.25, -0.2) is 9.07 Å². The quantitative estimate of drug-likeness (QED) is 0.847. The van der Waals surface area contributed by atoms with Crippen LogP contribution in [-0.4, -0.2) is 32.9 Å². The maximum absolute atomic E-state index is 13.4. The molecule has 0 saturated heterocycles. The van der Waals surface area contributed by atoms with Gasteiger partial charge in [0.1, 0.15) is 5.82 Å². The van der Waals surface area contributed by atoms with E-state index in [2.05, 4.69) is 15.5 Å². The third kappa shape index (κ3) is 3.05. The van der Waals surface area contributed by atoms with E-state index in [9.17, 15) is 4.39 Å². The smallest absolute Gasteiger partial charge is 0.182 e. The predicted molar refractivity (Wildman–Crippen MR) is 68.7 cm³/mol. The van der Waals surface area contributed by atoms with Crippen LogP contribution < -0.4 is 5.73 Å². The molecule has 2 rings (SSSR count). The first-order chi connectivity index (χ1) is 8.91. The van der Waals surface area contributed by atoms with E-state index in [0.29, 0.717) is 23.6 Å². The van der Waals surface area contributed by atoms with Crippen LogP contribution in [0, 0.1) is 5.82 Å². The lowest BCUT2D eigenvalue weighted by atomic mass is 10.1. The Hall–Kier alpha value is -2.02. The summed E-state index contributed by atoms with van der Waals surface area (Å²) in [7, 11) is 1.62. The van der Waals surface area contributed by atoms with Gasteiger partial charge >= 0.3 is 0 Å². The van der Waals surface area contributed by atoms with Crippen molar-refractivity contribution < 1.29 is 9.13 Å². The molecule has 6 nitrogen and oxygen atoms in total. The van der Waals surface area contributed by atoms with Gasteiger partial charge < -0.3 is 10.5 Å². The number of ether oxygens (including phenoxy) is 1. The van der Waals surface area contributed by atoms with Crippen LogP contribution in [0.3, 0.4) is 0 Å². The Labute approximate surface area is 110 Å². The average Bonchev–Trinajstić information content (AvgIpc) is 2.75. The topological polar surface area (TPSA) is 78.8 Å². The normalized spacial score (nSPS) is 11.8. The van der Waals surface area contributed by atoms with Crippen molar-refractivity contribution in [2.24, 2.45) is 0 Å². The number of nitrogens with two attached hydrogens (primary N) is 1. The van der Waals surface area contributed by atoms with Crippen molar-refractivity contribution in [3.63, 3.8) is 0 Å². The van der Waals surface area contributed by atoms with Gasteiger partial charge in [-0.1, -0.05) is 0 Å². The molecule has 0 atom stereocenters. The van der Waals surface area contributed by atoms with Gasteiger partial charge in [0.25, 0.3) is 0 Å². The Morgan fingerprint density at radius 3 is 2.74 bits per heavy atom. The molecule has 1 aromatic heterocycles. The molecule has 0 aliphatic rings. The molecule has 0 saturated carbocycles. The summed E-state index contributed by atoms with van der Waals surface area (Å²) in [5, 5.41) is 11.4. The van der Waals surface area contributed by atoms with Gasteiger partial charge in [0.2, 0.25) is 0 Å². The van der Waals surface area contributed by atoms with Gasteiger partial charge in [-0.3, -0.25) is 0 Å². The summed E-state index contributed by atoms with van der Waals surface area (Å²) >= 11 is 0. The molecule has 102 valence electrons. The predicted octanol–water partition coefficient (Wildman–Crippen LogP) is 1.49. The van der Waals surface area contributed by atoms with Gasteiger partial charge in [-0.15, -0.1) is 5.10 Å². The number of nitrogens with zero attached hydrogens (tertiary/aromatic N) is 4. The van der Waals surface area contributed by atoms with Crippen LogP contribution in [0.5, 0.6) is 0 Å². The first kappa shape index (κ1) is 13.4. The van der Waals surface area contributed by atoms with E-state index in [4.69, 9.17) is 10.5 Å². The van der Waals surface area contributed by atoms with Crippen molar-refractivity contribution in [3.8, 4) is 11.4 Å². The van der Waals surface area contributed by atoms with E-state index >= 15 is 0 Å². The van der Waals surface area contributed by atoms with E-state index in [1.165, 1.54) is 12.1 Å². The molecule has 7 heteroatoms. The van der Waals surface area contributed by atoms with Crippen LogP contribution in [0.15, 0.2) is 18.2 Å². The molecule has 19 heavy (non-hydrogen) atoms. The van der Waals surface area contributed by atoms with Crippen LogP contribution in [0.1, 0.15) is 13.8 Å². The minimum absolute atomic E-state index is 0.329. The molecular formula is C12H16FN5O. The number of anilines is 1. The van der Waals surface area contributed by atoms with Crippen molar-refractivity contribution >= 4 is 5.69 Å². The number of rotatable bonds is 4. The highest BCUT2D eigenvalue weighted by Crippen LogP contribution is 2.22. The molecule has 2 N–H and O–H groups in total. The second kappa shape index (κ2) is 4.93. The van der Waals surface area contributed by atoms with E-state index in [0.717, 1.165) is 0 Å². The minimum atomic E-state index is -0.428. The zero-order valence-corrected chi connectivity index (χ0v) is 11.1. The van der Waals surface area contributed by atoms with Crippen LogP contribution in [0.4, 0.5) is 10.1 Å². The summed E-state index contributed by atoms with van der Waals surface area (Å²) in [6.07, 6.45) is 0. The molecule has 0 radical (unpaired) electrons. The molecule has 0 bridgehead atoms. The summed E-state index contributed by atoms with van der Waals surface area (Å²) in [4.78, 5) is 0. The molecule has 2 aromatic rings. The number of hydrogen-bond donors (Lipinski definition) is 1. The highest BCUT2D eigenvalue weighted by molar-refractivity contribution is 5.61. The lowest BCUT2D eigenvalue weighted by Crippen LogP contribution is -2.30. The Morgan fingerprint density at radius 1 is 1.37 bits per heavy atom. The average molecular weight is 265 g/mol. The zero-order valence-electron chi connectivity index (χ0n) is 11.1. The molecular weight excluding hydrogens is 249 g/mol. The molecule has 0 fully saturated rings. The van der Waals surface area contributed by atoms with Crippen LogP contribution in [-0.2, 0) is 11.3 Å². The fraction of sp³-hybridized carbons (Fsp3) is 0.417. The Morgan fingerprint density at radius 2 is 2.11 bits per heavy atom. The second-order valence-electron chi connectivity index (χ2n) is 4.90. The summed E-state index contributed by atoms with van der Waals surface area (Å²) in [5.41, 5.74) is 6.06. The maximum Gasteiger partial charge on any atom is 0.182 e. The van der Waals surface area contributed by atoms with Gasteiger partial charge in [-0.2, -0.15) is 0 Å². The number of aromatic nitrogens is 4. The van der Waals surface area contributed by atoms with E-state index < -0.39 is 11.4 Å². The Balaban J connectivity index is 2.39. The molecule has 0 aliphatic heterocycles. The van der Waals surface area contributed by atoms with Crippen LogP contribution >= 0.6 is 0 Å². The third-order valence-corrected chi connectivity index (χ3v) is 2.79. The highest BCUT2D eigenvalue weighted by Gasteiger charge is 2.21. The number of methoxy groups -OCH3 is 1. The summed E-state index contributed by atoms with van der Waals surface area (Å²) in [6, 6.07) is 4.22. The maximum atomic E-state index is 13.4. The summed E-state index contributed by atoms with van der Waals surface area (Å²) in [6.45, 7) is 4.28. The first-order valence-corrected chi connectivity index (χ1v) is 5.79. The minimum Gasteiger partial charge on any atom is -0.399 e. The fourth-order valence-electron chi connectivity index (χ4n) is 1.68. The molecule has 0 amide bonds. The lowest BCUT2D eigenvalue weighted by Gasteiger charge is -2.22. The van der Waals surface area contributed by atoms with E-state index in [1.807, 2.05) is 13.8 Å². The fourth-order valence-corrected chi connectivity index (χ4v) is 1.68. The largest absolute Gasteiger partial charge is 0.399 e. The first-order valence-electron chi connectivity index (χ1n) is 5.79. The zero-order chi connectivity index (χ0) is 14.0. The second-order valence-corrected chi connectivity index (χ2v) is 4.90. The van der Waals surface area contributed by atoms with Gasteiger partial charge in [0.15, 0.2) is 5.82 Å². The Bertz CT molecular complexity index is 561.